The van der Waals surface area contributed by atoms with Gasteiger partial charge < -0.3 is 0 Å². The van der Waals surface area contributed by atoms with Crippen molar-refractivity contribution in [3.8, 4) is 0 Å². The Morgan fingerprint density at radius 1 is 1.17 bits per heavy atom. The van der Waals surface area contributed by atoms with E-state index in [-0.39, 0.29) is 11.9 Å². The summed E-state index contributed by atoms with van der Waals surface area (Å²) in [7, 11) is -3.84. The lowest BCUT2D eigenvalue weighted by atomic mass is 10.0. The fraction of sp³-hybridized carbons (Fsp3) is 1.00. The zero-order valence-electron chi connectivity index (χ0n) is 9.92. The lowest BCUT2D eigenvalue weighted by Crippen LogP contribution is -2.45. The number of sulfonamides is 1. The molecular weight excluding hydrogens is 335 g/mol. The summed E-state index contributed by atoms with van der Waals surface area (Å²) in [5, 5.41) is -0.442. The van der Waals surface area contributed by atoms with Crippen molar-refractivity contribution in [1.82, 2.24) is 4.31 Å². The van der Waals surface area contributed by atoms with Crippen LogP contribution in [0.4, 0.5) is 13.2 Å². The second-order valence-electron chi connectivity index (χ2n) is 4.44. The smallest absolute Gasteiger partial charge is 0.212 e. The third kappa shape index (κ3) is 4.70. The van der Waals surface area contributed by atoms with Crippen LogP contribution in [-0.4, -0.2) is 42.6 Å². The van der Waals surface area contributed by atoms with Crippen molar-refractivity contribution in [2.24, 2.45) is 0 Å². The number of hydrogen-bond donors (Lipinski definition) is 0. The first-order valence-electron chi connectivity index (χ1n) is 5.89. The van der Waals surface area contributed by atoms with Crippen LogP contribution >= 0.6 is 15.9 Å². The third-order valence-electron chi connectivity index (χ3n) is 3.02. The molecule has 0 bridgehead atoms. The summed E-state index contributed by atoms with van der Waals surface area (Å²) in [6.07, 6.45) is -1.04. The second-order valence-corrected chi connectivity index (χ2v) is 7.45. The van der Waals surface area contributed by atoms with Crippen LogP contribution in [-0.2, 0) is 10.0 Å². The fourth-order valence-electron chi connectivity index (χ4n) is 2.16. The van der Waals surface area contributed by atoms with E-state index in [2.05, 4.69) is 15.9 Å². The minimum absolute atomic E-state index is 0.141. The highest BCUT2D eigenvalue weighted by Gasteiger charge is 2.39. The second kappa shape index (κ2) is 6.56. The van der Waals surface area contributed by atoms with Crippen molar-refractivity contribution in [2.75, 3.05) is 18.4 Å². The Labute approximate surface area is 114 Å². The number of hydrogen-bond acceptors (Lipinski definition) is 2. The van der Waals surface area contributed by atoms with Gasteiger partial charge in [0.2, 0.25) is 10.0 Å². The molecule has 0 amide bonds. The van der Waals surface area contributed by atoms with E-state index in [9.17, 15) is 21.6 Å². The van der Waals surface area contributed by atoms with Crippen molar-refractivity contribution >= 4 is 26.0 Å². The third-order valence-corrected chi connectivity index (χ3v) is 5.72. The van der Waals surface area contributed by atoms with Crippen LogP contribution in [0.5, 0.6) is 0 Å². The summed E-state index contributed by atoms with van der Waals surface area (Å²) in [5.74, 6) is 0. The van der Waals surface area contributed by atoms with E-state index in [0.29, 0.717) is 17.1 Å². The summed E-state index contributed by atoms with van der Waals surface area (Å²) in [6.45, 7) is -1.53. The van der Waals surface area contributed by atoms with E-state index in [0.717, 1.165) is 19.3 Å². The molecule has 1 fully saturated rings. The molecule has 108 valence electrons. The largest absolute Gasteiger partial charge is 0.402 e. The Bertz CT molecular complexity index is 353. The zero-order chi connectivity index (χ0) is 13.8. The summed E-state index contributed by atoms with van der Waals surface area (Å²) in [5.41, 5.74) is 0. The summed E-state index contributed by atoms with van der Waals surface area (Å²) < 4.78 is 62.1. The molecule has 8 heteroatoms. The maximum Gasteiger partial charge on any atom is 0.402 e. The van der Waals surface area contributed by atoms with Crippen LogP contribution < -0.4 is 0 Å². The molecule has 18 heavy (non-hydrogen) atoms. The molecule has 1 aliphatic rings. The lowest BCUT2D eigenvalue weighted by molar-refractivity contribution is -0.135. The van der Waals surface area contributed by atoms with Gasteiger partial charge in [-0.15, -0.1) is 0 Å². The van der Waals surface area contributed by atoms with Crippen molar-refractivity contribution < 1.29 is 21.6 Å². The highest BCUT2D eigenvalue weighted by atomic mass is 79.9. The van der Waals surface area contributed by atoms with E-state index in [1.54, 1.807) is 0 Å². The van der Waals surface area contributed by atoms with Gasteiger partial charge in [0.05, 0.1) is 5.25 Å². The first kappa shape index (κ1) is 16.2. The van der Waals surface area contributed by atoms with Gasteiger partial charge in [0.25, 0.3) is 0 Å². The van der Waals surface area contributed by atoms with Crippen molar-refractivity contribution in [3.05, 3.63) is 0 Å². The molecule has 0 atom stereocenters. The van der Waals surface area contributed by atoms with Gasteiger partial charge in [-0.3, -0.25) is 0 Å². The summed E-state index contributed by atoms with van der Waals surface area (Å²) >= 11 is 3.00. The van der Waals surface area contributed by atoms with E-state index in [1.807, 2.05) is 0 Å². The van der Waals surface area contributed by atoms with Crippen molar-refractivity contribution in [2.45, 2.75) is 43.5 Å². The number of alkyl halides is 4. The van der Waals surface area contributed by atoms with Crippen molar-refractivity contribution in [1.29, 1.82) is 0 Å². The van der Waals surface area contributed by atoms with Gasteiger partial charge >= 0.3 is 6.18 Å². The highest BCUT2D eigenvalue weighted by Crippen LogP contribution is 2.28. The molecule has 0 saturated heterocycles. The van der Waals surface area contributed by atoms with Crippen LogP contribution in [0.25, 0.3) is 0 Å². The fourth-order valence-corrected chi connectivity index (χ4v) is 4.85. The standard InChI is InChI=1S/C10H17BrF3NO2S/c11-6-7-15(8-10(12,13)14)18(16,17)9-4-2-1-3-5-9/h9H,1-8H2. The number of nitrogens with zero attached hydrogens (tertiary/aromatic N) is 1. The topological polar surface area (TPSA) is 37.4 Å². The average molecular weight is 352 g/mol. The van der Waals surface area contributed by atoms with Gasteiger partial charge in [-0.05, 0) is 12.8 Å². The van der Waals surface area contributed by atoms with Gasteiger partial charge in [0.1, 0.15) is 6.54 Å². The molecule has 0 aromatic rings. The molecule has 0 heterocycles. The van der Waals surface area contributed by atoms with Crippen LogP contribution in [0.1, 0.15) is 32.1 Å². The van der Waals surface area contributed by atoms with E-state index >= 15 is 0 Å². The Morgan fingerprint density at radius 3 is 2.17 bits per heavy atom. The molecule has 3 nitrogen and oxygen atoms in total. The normalized spacial score (nSPS) is 19.4. The van der Waals surface area contributed by atoms with Crippen molar-refractivity contribution in [3.63, 3.8) is 0 Å². The average Bonchev–Trinajstić information content (AvgIpc) is 2.28. The zero-order valence-corrected chi connectivity index (χ0v) is 12.3. The predicted molar refractivity (Wildman–Crippen MR) is 67.2 cm³/mol. The molecule has 0 aromatic carbocycles. The van der Waals surface area contributed by atoms with E-state index < -0.39 is 28.0 Å². The quantitative estimate of drug-likeness (QED) is 0.714. The number of halogens is 4. The summed E-state index contributed by atoms with van der Waals surface area (Å²) in [4.78, 5) is 0. The molecule has 1 aliphatic carbocycles. The Kier molecular flexibility index (Phi) is 5.92. The van der Waals surface area contributed by atoms with Crippen LogP contribution in [0.3, 0.4) is 0 Å². The SMILES string of the molecule is O=S(=O)(C1CCCCC1)N(CCBr)CC(F)(F)F. The lowest BCUT2D eigenvalue weighted by Gasteiger charge is -2.29. The Hall–Kier alpha value is 0.180. The molecule has 0 N–H and O–H groups in total. The van der Waals surface area contributed by atoms with Gasteiger partial charge in [-0.2, -0.15) is 17.5 Å². The van der Waals surface area contributed by atoms with E-state index in [1.165, 1.54) is 0 Å². The van der Waals surface area contributed by atoms with Crippen LogP contribution in [0.15, 0.2) is 0 Å². The highest BCUT2D eigenvalue weighted by molar-refractivity contribution is 9.09. The van der Waals surface area contributed by atoms with Crippen LogP contribution in [0.2, 0.25) is 0 Å². The molecule has 0 unspecified atom stereocenters. The Morgan fingerprint density at radius 2 is 1.72 bits per heavy atom. The first-order chi connectivity index (χ1) is 8.27. The van der Waals surface area contributed by atoms with Crippen LogP contribution in [0, 0.1) is 0 Å². The maximum atomic E-state index is 12.4. The van der Waals surface area contributed by atoms with Gasteiger partial charge in [0.15, 0.2) is 0 Å². The summed E-state index contributed by atoms with van der Waals surface area (Å²) in [6, 6.07) is 0. The van der Waals surface area contributed by atoms with Gasteiger partial charge in [0, 0.05) is 11.9 Å². The molecule has 0 spiro atoms. The molecule has 1 saturated carbocycles. The molecule has 1 rings (SSSR count). The van der Waals surface area contributed by atoms with Gasteiger partial charge in [-0.25, -0.2) is 8.42 Å². The minimum Gasteiger partial charge on any atom is -0.212 e. The molecule has 0 aromatic heterocycles. The monoisotopic (exact) mass is 351 g/mol. The molecular formula is C10H17BrF3NO2S. The van der Waals surface area contributed by atoms with E-state index in [4.69, 9.17) is 0 Å². The first-order valence-corrected chi connectivity index (χ1v) is 8.51. The molecule has 0 aliphatic heterocycles. The number of rotatable bonds is 5. The minimum atomic E-state index is -4.50. The molecule has 0 radical (unpaired) electrons. The maximum absolute atomic E-state index is 12.4. The predicted octanol–water partition coefficient (Wildman–Crippen LogP) is 2.91. The van der Waals surface area contributed by atoms with Gasteiger partial charge in [-0.1, -0.05) is 35.2 Å². The Balaban J connectivity index is 2.81.